The smallest absolute Gasteiger partial charge is 0.255 e. The van der Waals surface area contributed by atoms with E-state index in [1.165, 1.54) is 12.1 Å². The number of nitrogens with one attached hydrogen (secondary N) is 2. The van der Waals surface area contributed by atoms with Gasteiger partial charge in [0.2, 0.25) is 0 Å². The van der Waals surface area contributed by atoms with Gasteiger partial charge in [0.15, 0.2) is 0 Å². The lowest BCUT2D eigenvalue weighted by molar-refractivity contribution is 0.102. The van der Waals surface area contributed by atoms with Crippen LogP contribution in [-0.4, -0.2) is 21.0 Å². The SMILES string of the molecule is O=C(Nc1ccc2nc[nH]c2c1)c1cccc(O)c1. The van der Waals surface area contributed by atoms with E-state index in [1.807, 2.05) is 12.1 Å². The van der Waals surface area contributed by atoms with Crippen molar-refractivity contribution in [2.75, 3.05) is 5.32 Å². The normalized spacial score (nSPS) is 10.5. The van der Waals surface area contributed by atoms with Crippen LogP contribution in [0.5, 0.6) is 5.75 Å². The number of anilines is 1. The molecule has 0 saturated heterocycles. The lowest BCUT2D eigenvalue weighted by atomic mass is 10.2. The predicted molar refractivity (Wildman–Crippen MR) is 72.2 cm³/mol. The average Bonchev–Trinajstić information content (AvgIpc) is 2.86. The zero-order valence-corrected chi connectivity index (χ0v) is 9.92. The third-order valence-electron chi connectivity index (χ3n) is 2.79. The van der Waals surface area contributed by atoms with Crippen molar-refractivity contribution < 1.29 is 9.90 Å². The maximum absolute atomic E-state index is 12.0. The summed E-state index contributed by atoms with van der Waals surface area (Å²) in [6.45, 7) is 0. The number of hydrogen-bond acceptors (Lipinski definition) is 3. The Morgan fingerprint density at radius 3 is 2.95 bits per heavy atom. The minimum atomic E-state index is -0.269. The van der Waals surface area contributed by atoms with Gasteiger partial charge in [-0.2, -0.15) is 0 Å². The van der Waals surface area contributed by atoms with Crippen molar-refractivity contribution >= 4 is 22.6 Å². The van der Waals surface area contributed by atoms with Crippen molar-refractivity contribution in [2.45, 2.75) is 0 Å². The Balaban J connectivity index is 1.86. The molecule has 0 radical (unpaired) electrons. The summed E-state index contributed by atoms with van der Waals surface area (Å²) in [5.41, 5.74) is 2.78. The zero-order chi connectivity index (χ0) is 13.2. The molecule has 0 aliphatic carbocycles. The monoisotopic (exact) mass is 253 g/mol. The van der Waals surface area contributed by atoms with Crippen molar-refractivity contribution in [3.05, 3.63) is 54.4 Å². The van der Waals surface area contributed by atoms with Crippen LogP contribution in [-0.2, 0) is 0 Å². The van der Waals surface area contributed by atoms with E-state index >= 15 is 0 Å². The molecule has 2 aromatic carbocycles. The van der Waals surface area contributed by atoms with Crippen LogP contribution in [0.1, 0.15) is 10.4 Å². The molecule has 0 aliphatic rings. The number of rotatable bonds is 2. The van der Waals surface area contributed by atoms with E-state index in [-0.39, 0.29) is 11.7 Å². The fourth-order valence-corrected chi connectivity index (χ4v) is 1.86. The van der Waals surface area contributed by atoms with Gasteiger partial charge in [0, 0.05) is 11.3 Å². The molecular formula is C14H11N3O2. The first-order valence-corrected chi connectivity index (χ1v) is 5.76. The highest BCUT2D eigenvalue weighted by molar-refractivity contribution is 6.05. The quantitative estimate of drug-likeness (QED) is 0.656. The van der Waals surface area contributed by atoms with Gasteiger partial charge in [-0.25, -0.2) is 4.98 Å². The third kappa shape index (κ3) is 2.26. The van der Waals surface area contributed by atoms with Crippen LogP contribution in [0, 0.1) is 0 Å². The van der Waals surface area contributed by atoms with E-state index in [2.05, 4.69) is 15.3 Å². The molecule has 1 amide bonds. The number of nitrogens with zero attached hydrogens (tertiary/aromatic N) is 1. The first-order valence-electron chi connectivity index (χ1n) is 5.76. The Bertz CT molecular complexity index is 749. The molecule has 0 unspecified atom stereocenters. The molecule has 1 aromatic heterocycles. The van der Waals surface area contributed by atoms with Crippen LogP contribution in [0.15, 0.2) is 48.8 Å². The molecule has 5 heteroatoms. The Hall–Kier alpha value is -2.82. The van der Waals surface area contributed by atoms with Gasteiger partial charge < -0.3 is 15.4 Å². The second kappa shape index (κ2) is 4.45. The van der Waals surface area contributed by atoms with Crippen LogP contribution < -0.4 is 5.32 Å². The second-order valence-electron chi connectivity index (χ2n) is 4.14. The number of H-pyrrole nitrogens is 1. The number of phenols is 1. The molecule has 0 fully saturated rings. The summed E-state index contributed by atoms with van der Waals surface area (Å²) in [6, 6.07) is 11.6. The lowest BCUT2D eigenvalue weighted by Gasteiger charge is -2.05. The predicted octanol–water partition coefficient (Wildman–Crippen LogP) is 2.52. The maximum Gasteiger partial charge on any atom is 0.255 e. The summed E-state index contributed by atoms with van der Waals surface area (Å²) in [4.78, 5) is 19.1. The summed E-state index contributed by atoms with van der Waals surface area (Å²) in [5, 5.41) is 12.1. The number of carbonyl (C=O) groups excluding carboxylic acids is 1. The van der Waals surface area contributed by atoms with Gasteiger partial charge in [0.25, 0.3) is 5.91 Å². The molecule has 3 N–H and O–H groups in total. The van der Waals surface area contributed by atoms with Crippen LogP contribution in [0.3, 0.4) is 0 Å². The molecule has 0 saturated carbocycles. The van der Waals surface area contributed by atoms with Crippen LogP contribution >= 0.6 is 0 Å². The molecule has 3 rings (SSSR count). The molecule has 0 atom stereocenters. The standard InChI is InChI=1S/C14H11N3O2/c18-11-3-1-2-9(6-11)14(19)17-10-4-5-12-13(7-10)16-8-15-12/h1-8,18H,(H,15,16)(H,17,19). The zero-order valence-electron chi connectivity index (χ0n) is 9.92. The fraction of sp³-hybridized carbons (Fsp3) is 0. The molecule has 3 aromatic rings. The summed E-state index contributed by atoms with van der Waals surface area (Å²) >= 11 is 0. The minimum absolute atomic E-state index is 0.0664. The van der Waals surface area contributed by atoms with E-state index in [0.29, 0.717) is 11.3 Å². The van der Waals surface area contributed by atoms with Crippen molar-refractivity contribution in [1.29, 1.82) is 0 Å². The average molecular weight is 253 g/mol. The second-order valence-corrected chi connectivity index (χ2v) is 4.14. The number of carbonyl (C=O) groups is 1. The van der Waals surface area contributed by atoms with Gasteiger partial charge in [-0.05, 0) is 36.4 Å². The Labute approximate surface area is 108 Å². The number of imidazole rings is 1. The molecule has 0 aliphatic heterocycles. The highest BCUT2D eigenvalue weighted by Gasteiger charge is 2.07. The minimum Gasteiger partial charge on any atom is -0.508 e. The highest BCUT2D eigenvalue weighted by Crippen LogP contribution is 2.17. The number of fused-ring (bicyclic) bond motifs is 1. The molecule has 0 spiro atoms. The molecule has 1 heterocycles. The van der Waals surface area contributed by atoms with E-state index in [0.717, 1.165) is 11.0 Å². The first kappa shape index (κ1) is 11.3. The number of aromatic amines is 1. The Morgan fingerprint density at radius 2 is 2.11 bits per heavy atom. The number of benzene rings is 2. The largest absolute Gasteiger partial charge is 0.508 e. The van der Waals surface area contributed by atoms with Gasteiger partial charge in [0.1, 0.15) is 5.75 Å². The molecule has 0 bridgehead atoms. The summed E-state index contributed by atoms with van der Waals surface area (Å²) < 4.78 is 0. The van der Waals surface area contributed by atoms with Gasteiger partial charge in [-0.1, -0.05) is 6.07 Å². The highest BCUT2D eigenvalue weighted by atomic mass is 16.3. The van der Waals surface area contributed by atoms with Gasteiger partial charge in [-0.3, -0.25) is 4.79 Å². The molecule has 19 heavy (non-hydrogen) atoms. The topological polar surface area (TPSA) is 78.0 Å². The van der Waals surface area contributed by atoms with Crippen molar-refractivity contribution in [2.24, 2.45) is 0 Å². The van der Waals surface area contributed by atoms with Gasteiger partial charge in [-0.15, -0.1) is 0 Å². The van der Waals surface area contributed by atoms with Gasteiger partial charge in [0.05, 0.1) is 17.4 Å². The number of aromatic hydroxyl groups is 1. The molecule has 5 nitrogen and oxygen atoms in total. The van der Waals surface area contributed by atoms with E-state index in [4.69, 9.17) is 0 Å². The Morgan fingerprint density at radius 1 is 1.21 bits per heavy atom. The summed E-state index contributed by atoms with van der Waals surface area (Å²) in [6.07, 6.45) is 1.60. The summed E-state index contributed by atoms with van der Waals surface area (Å²) in [7, 11) is 0. The maximum atomic E-state index is 12.0. The van der Waals surface area contributed by atoms with Gasteiger partial charge >= 0.3 is 0 Å². The molecule has 94 valence electrons. The first-order chi connectivity index (χ1) is 9.22. The number of phenolic OH excluding ortho intramolecular Hbond substituents is 1. The van der Waals surface area contributed by atoms with Crippen molar-refractivity contribution in [3.8, 4) is 5.75 Å². The number of hydrogen-bond donors (Lipinski definition) is 3. The number of aromatic nitrogens is 2. The van der Waals surface area contributed by atoms with Crippen LogP contribution in [0.2, 0.25) is 0 Å². The Kier molecular flexibility index (Phi) is 2.64. The fourth-order valence-electron chi connectivity index (χ4n) is 1.86. The van der Waals surface area contributed by atoms with Crippen LogP contribution in [0.4, 0.5) is 5.69 Å². The third-order valence-corrected chi connectivity index (χ3v) is 2.79. The van der Waals surface area contributed by atoms with E-state index in [1.54, 1.807) is 24.5 Å². The molecular weight excluding hydrogens is 242 g/mol. The lowest BCUT2D eigenvalue weighted by Crippen LogP contribution is -2.11. The summed E-state index contributed by atoms with van der Waals surface area (Å²) in [5.74, 6) is -0.202. The van der Waals surface area contributed by atoms with E-state index < -0.39 is 0 Å². The number of amides is 1. The van der Waals surface area contributed by atoms with E-state index in [9.17, 15) is 9.90 Å². The van der Waals surface area contributed by atoms with Crippen LogP contribution in [0.25, 0.3) is 11.0 Å². The van der Waals surface area contributed by atoms with Crippen molar-refractivity contribution in [1.82, 2.24) is 9.97 Å². The van der Waals surface area contributed by atoms with Crippen molar-refractivity contribution in [3.63, 3.8) is 0 Å².